The third kappa shape index (κ3) is 4.29. The molecule has 0 aliphatic rings. The van der Waals surface area contributed by atoms with Gasteiger partial charge in [-0.3, -0.25) is 9.79 Å². The van der Waals surface area contributed by atoms with Crippen molar-refractivity contribution in [2.45, 2.75) is 6.92 Å². The van der Waals surface area contributed by atoms with Crippen LogP contribution >= 0.6 is 11.6 Å². The molecule has 0 heterocycles. The first-order chi connectivity index (χ1) is 10.0. The van der Waals surface area contributed by atoms with Gasteiger partial charge in [-0.1, -0.05) is 17.7 Å². The lowest BCUT2D eigenvalue weighted by atomic mass is 10.2. The van der Waals surface area contributed by atoms with Gasteiger partial charge in [0.05, 0.1) is 36.1 Å². The molecule has 0 aromatic heterocycles. The number of carbonyl (C=O) groups excluding carboxylic acids is 2. The Morgan fingerprint density at radius 3 is 2.81 bits per heavy atom. The lowest BCUT2D eigenvalue weighted by Crippen LogP contribution is -2.17. The number of hydrogen-bond donors (Lipinski definition) is 0. The van der Waals surface area contributed by atoms with Crippen LogP contribution in [0.4, 0.5) is 5.69 Å². The van der Waals surface area contributed by atoms with E-state index in [4.69, 9.17) is 21.6 Å². The fourth-order valence-electron chi connectivity index (χ4n) is 1.42. The van der Waals surface area contributed by atoms with Gasteiger partial charge in [0.2, 0.25) is 0 Å². The molecule has 0 saturated heterocycles. The van der Waals surface area contributed by atoms with E-state index in [1.165, 1.54) is 13.2 Å². The Balaban J connectivity index is 3.02. The Hall–Kier alpha value is -2.39. The number of rotatable bonds is 5. The summed E-state index contributed by atoms with van der Waals surface area (Å²) in [5, 5.41) is 8.99. The lowest BCUT2D eigenvalue weighted by Gasteiger charge is -2.05. The number of aliphatic imine (C=N–C) groups is 1. The van der Waals surface area contributed by atoms with Crippen molar-refractivity contribution in [3.63, 3.8) is 0 Å². The Morgan fingerprint density at radius 2 is 2.24 bits per heavy atom. The second-order valence-electron chi connectivity index (χ2n) is 3.77. The molecule has 1 rings (SSSR count). The Labute approximate surface area is 126 Å². The van der Waals surface area contributed by atoms with Crippen LogP contribution < -0.4 is 0 Å². The number of methoxy groups -OCH3 is 1. The van der Waals surface area contributed by atoms with E-state index in [0.717, 1.165) is 6.21 Å². The van der Waals surface area contributed by atoms with Crippen molar-refractivity contribution >= 4 is 35.4 Å². The number of halogens is 1. The zero-order valence-electron chi connectivity index (χ0n) is 11.5. The maximum atomic E-state index is 11.5. The summed E-state index contributed by atoms with van der Waals surface area (Å²) in [6.45, 7) is 1.81. The molecule has 0 aliphatic carbocycles. The van der Waals surface area contributed by atoms with Crippen molar-refractivity contribution in [2.24, 2.45) is 10.9 Å². The molecule has 0 aliphatic heterocycles. The summed E-state index contributed by atoms with van der Waals surface area (Å²) in [6, 6.07) is 6.37. The van der Waals surface area contributed by atoms with E-state index in [-0.39, 0.29) is 22.9 Å². The second-order valence-corrected chi connectivity index (χ2v) is 4.15. The van der Waals surface area contributed by atoms with E-state index in [1.54, 1.807) is 25.1 Å². The summed E-state index contributed by atoms with van der Waals surface area (Å²) in [7, 11) is 1.24. The van der Waals surface area contributed by atoms with Crippen molar-refractivity contribution in [2.75, 3.05) is 13.7 Å². The van der Waals surface area contributed by atoms with Gasteiger partial charge in [-0.15, -0.1) is 0 Å². The number of esters is 2. The standard InChI is InChI=1S/C14H13ClN2O4/c1-3-21-13(18)9(7-16)8-17-11-6-4-5-10(12(11)15)14(19)20-2/h4-6,8-9H,3H2,1-2H3. The smallest absolute Gasteiger partial charge is 0.339 e. The van der Waals surface area contributed by atoms with Crippen molar-refractivity contribution < 1.29 is 19.1 Å². The van der Waals surface area contributed by atoms with Gasteiger partial charge < -0.3 is 9.47 Å². The van der Waals surface area contributed by atoms with Crippen LogP contribution in [0.5, 0.6) is 0 Å². The first-order valence-electron chi connectivity index (χ1n) is 6.02. The van der Waals surface area contributed by atoms with Gasteiger partial charge in [-0.2, -0.15) is 5.26 Å². The van der Waals surface area contributed by atoms with Gasteiger partial charge in [0.15, 0.2) is 5.92 Å². The maximum Gasteiger partial charge on any atom is 0.339 e. The second kappa shape index (κ2) is 8.02. The molecule has 0 bridgehead atoms. The van der Waals surface area contributed by atoms with Crippen LogP contribution in [-0.4, -0.2) is 31.9 Å². The minimum atomic E-state index is -1.14. The molecule has 0 N–H and O–H groups in total. The van der Waals surface area contributed by atoms with Gasteiger partial charge >= 0.3 is 11.9 Å². The fraction of sp³-hybridized carbons (Fsp3) is 0.286. The van der Waals surface area contributed by atoms with Gasteiger partial charge in [0.25, 0.3) is 0 Å². The third-order valence-corrected chi connectivity index (χ3v) is 2.82. The average Bonchev–Trinajstić information content (AvgIpc) is 2.49. The lowest BCUT2D eigenvalue weighted by molar-refractivity contribution is -0.143. The highest BCUT2D eigenvalue weighted by Gasteiger charge is 2.17. The molecule has 1 aromatic rings. The van der Waals surface area contributed by atoms with Crippen LogP contribution in [-0.2, 0) is 14.3 Å². The fourth-order valence-corrected chi connectivity index (χ4v) is 1.67. The molecule has 110 valence electrons. The molecule has 1 unspecified atom stereocenters. The van der Waals surface area contributed by atoms with Crippen molar-refractivity contribution in [1.29, 1.82) is 5.26 Å². The van der Waals surface area contributed by atoms with Crippen LogP contribution in [0, 0.1) is 17.2 Å². The zero-order valence-corrected chi connectivity index (χ0v) is 12.3. The maximum absolute atomic E-state index is 11.5. The quantitative estimate of drug-likeness (QED) is 0.616. The predicted octanol–water partition coefficient (Wildman–Crippen LogP) is 2.53. The Morgan fingerprint density at radius 1 is 1.52 bits per heavy atom. The monoisotopic (exact) mass is 308 g/mol. The van der Waals surface area contributed by atoms with E-state index in [9.17, 15) is 9.59 Å². The Bertz CT molecular complexity index is 607. The third-order valence-electron chi connectivity index (χ3n) is 2.43. The number of nitriles is 1. The SMILES string of the molecule is CCOC(=O)C(C#N)C=Nc1cccc(C(=O)OC)c1Cl. The highest BCUT2D eigenvalue weighted by Crippen LogP contribution is 2.28. The van der Waals surface area contributed by atoms with E-state index < -0.39 is 17.9 Å². The molecule has 0 saturated carbocycles. The number of hydrogen-bond acceptors (Lipinski definition) is 6. The van der Waals surface area contributed by atoms with Crippen molar-refractivity contribution in [3.05, 3.63) is 28.8 Å². The number of benzene rings is 1. The minimum Gasteiger partial charge on any atom is -0.465 e. The van der Waals surface area contributed by atoms with E-state index in [1.807, 2.05) is 0 Å². The molecule has 6 nitrogen and oxygen atoms in total. The molecular weight excluding hydrogens is 296 g/mol. The predicted molar refractivity (Wildman–Crippen MR) is 76.7 cm³/mol. The molecular formula is C14H13ClN2O4. The van der Waals surface area contributed by atoms with E-state index >= 15 is 0 Å². The van der Waals surface area contributed by atoms with Gasteiger partial charge in [0.1, 0.15) is 0 Å². The van der Waals surface area contributed by atoms with E-state index in [2.05, 4.69) is 9.73 Å². The zero-order chi connectivity index (χ0) is 15.8. The van der Waals surface area contributed by atoms with Crippen molar-refractivity contribution in [3.8, 4) is 6.07 Å². The summed E-state index contributed by atoms with van der Waals surface area (Å²) in [6.07, 6.45) is 1.13. The number of nitrogens with zero attached hydrogens (tertiary/aromatic N) is 2. The van der Waals surface area contributed by atoms with E-state index in [0.29, 0.717) is 0 Å². The van der Waals surface area contributed by atoms with Crippen LogP contribution in [0.15, 0.2) is 23.2 Å². The highest BCUT2D eigenvalue weighted by molar-refractivity contribution is 6.36. The van der Waals surface area contributed by atoms with Crippen LogP contribution in [0.3, 0.4) is 0 Å². The van der Waals surface area contributed by atoms with Gasteiger partial charge in [0, 0.05) is 6.21 Å². The molecule has 0 spiro atoms. The van der Waals surface area contributed by atoms with Crippen LogP contribution in [0.25, 0.3) is 0 Å². The molecule has 21 heavy (non-hydrogen) atoms. The summed E-state index contributed by atoms with van der Waals surface area (Å²) in [5.41, 5.74) is 0.405. The van der Waals surface area contributed by atoms with Crippen LogP contribution in [0.1, 0.15) is 17.3 Å². The van der Waals surface area contributed by atoms with Crippen LogP contribution in [0.2, 0.25) is 5.02 Å². The summed E-state index contributed by atoms with van der Waals surface area (Å²) in [5.74, 6) is -2.42. The number of carbonyl (C=O) groups is 2. The highest BCUT2D eigenvalue weighted by atomic mass is 35.5. The summed E-state index contributed by atoms with van der Waals surface area (Å²) < 4.78 is 9.32. The molecule has 7 heteroatoms. The topological polar surface area (TPSA) is 88.8 Å². The molecule has 1 aromatic carbocycles. The average molecular weight is 309 g/mol. The normalized spacial score (nSPS) is 11.7. The first-order valence-corrected chi connectivity index (χ1v) is 6.40. The molecule has 0 radical (unpaired) electrons. The summed E-state index contributed by atoms with van der Waals surface area (Å²) >= 11 is 6.04. The molecule has 0 fully saturated rings. The number of ether oxygens (including phenoxy) is 2. The molecule has 1 atom stereocenters. The minimum absolute atomic E-state index is 0.0844. The van der Waals surface area contributed by atoms with Gasteiger partial charge in [-0.05, 0) is 19.1 Å². The first kappa shape index (κ1) is 16.7. The summed E-state index contributed by atoms with van der Waals surface area (Å²) in [4.78, 5) is 26.9. The Kier molecular flexibility index (Phi) is 6.37. The molecule has 0 amide bonds. The van der Waals surface area contributed by atoms with Crippen molar-refractivity contribution in [1.82, 2.24) is 0 Å². The van der Waals surface area contributed by atoms with Gasteiger partial charge in [-0.25, -0.2) is 4.79 Å². The largest absolute Gasteiger partial charge is 0.465 e.